The predicted octanol–water partition coefficient (Wildman–Crippen LogP) is 3.48. The molecule has 3 rings (SSSR count). The summed E-state index contributed by atoms with van der Waals surface area (Å²) in [6, 6.07) is 20.5. The number of rotatable bonds is 18. The number of para-hydroxylation sites is 2. The Balaban J connectivity index is 1.72. The summed E-state index contributed by atoms with van der Waals surface area (Å²) in [7, 11) is 0. The van der Waals surface area contributed by atoms with Crippen LogP contribution in [0.1, 0.15) is 29.5 Å². The maximum Gasteiger partial charge on any atom is 0.129 e. The first kappa shape index (κ1) is 30.2. The van der Waals surface area contributed by atoms with E-state index in [4.69, 9.17) is 18.9 Å². The SMILES string of the molecule is Cc1c(OCC(O)COc2ccccc2)c(CCCO)cc(CCCO)c1OCC(O)COc1ccccc1. The third-order valence-electron chi connectivity index (χ3n) is 6.03. The van der Waals surface area contributed by atoms with Crippen LogP contribution >= 0.6 is 0 Å². The van der Waals surface area contributed by atoms with Crippen LogP contribution in [0.2, 0.25) is 0 Å². The fourth-order valence-electron chi connectivity index (χ4n) is 4.11. The number of hydrogen-bond donors (Lipinski definition) is 4. The van der Waals surface area contributed by atoms with Gasteiger partial charge in [-0.1, -0.05) is 36.4 Å². The second-order valence-corrected chi connectivity index (χ2v) is 9.31. The third-order valence-corrected chi connectivity index (χ3v) is 6.03. The molecule has 0 spiro atoms. The monoisotopic (exact) mass is 540 g/mol. The van der Waals surface area contributed by atoms with Gasteiger partial charge in [0.05, 0.1) is 0 Å². The molecule has 0 bridgehead atoms. The van der Waals surface area contributed by atoms with Gasteiger partial charge in [0, 0.05) is 18.8 Å². The van der Waals surface area contributed by atoms with E-state index in [-0.39, 0.29) is 39.6 Å². The van der Waals surface area contributed by atoms with Gasteiger partial charge < -0.3 is 39.4 Å². The number of aliphatic hydroxyl groups excluding tert-OH is 4. The second kappa shape index (κ2) is 16.6. The molecule has 2 unspecified atom stereocenters. The van der Waals surface area contributed by atoms with E-state index >= 15 is 0 Å². The molecule has 212 valence electrons. The lowest BCUT2D eigenvalue weighted by Gasteiger charge is -2.23. The van der Waals surface area contributed by atoms with Crippen molar-refractivity contribution >= 4 is 0 Å². The summed E-state index contributed by atoms with van der Waals surface area (Å²) in [5, 5.41) is 39.9. The lowest BCUT2D eigenvalue weighted by atomic mass is 9.97. The molecule has 0 aromatic heterocycles. The van der Waals surface area contributed by atoms with Gasteiger partial charge in [-0.05, 0) is 74.1 Å². The van der Waals surface area contributed by atoms with Crippen molar-refractivity contribution in [1.82, 2.24) is 0 Å². The summed E-state index contributed by atoms with van der Waals surface area (Å²) in [4.78, 5) is 0. The van der Waals surface area contributed by atoms with E-state index in [1.807, 2.05) is 73.7 Å². The fourth-order valence-corrected chi connectivity index (χ4v) is 4.11. The van der Waals surface area contributed by atoms with E-state index in [2.05, 4.69) is 0 Å². The van der Waals surface area contributed by atoms with Crippen molar-refractivity contribution in [3.05, 3.63) is 83.4 Å². The quantitative estimate of drug-likeness (QED) is 0.194. The Bertz CT molecular complexity index is 1010. The van der Waals surface area contributed by atoms with Gasteiger partial charge in [0.2, 0.25) is 0 Å². The molecule has 0 saturated carbocycles. The summed E-state index contributed by atoms with van der Waals surface area (Å²) < 4.78 is 23.5. The second-order valence-electron chi connectivity index (χ2n) is 9.31. The van der Waals surface area contributed by atoms with Crippen LogP contribution in [-0.2, 0) is 12.8 Å². The van der Waals surface area contributed by atoms with E-state index in [9.17, 15) is 20.4 Å². The highest BCUT2D eigenvalue weighted by atomic mass is 16.5. The smallest absolute Gasteiger partial charge is 0.129 e. The number of ether oxygens (including phenoxy) is 4. The number of aliphatic hydroxyl groups is 4. The molecule has 3 aromatic carbocycles. The van der Waals surface area contributed by atoms with Crippen LogP contribution in [0.3, 0.4) is 0 Å². The Labute approximate surface area is 230 Å². The van der Waals surface area contributed by atoms with Crippen molar-refractivity contribution in [3.8, 4) is 23.0 Å². The van der Waals surface area contributed by atoms with Crippen molar-refractivity contribution in [2.75, 3.05) is 39.6 Å². The molecule has 0 aliphatic rings. The number of hydrogen-bond acceptors (Lipinski definition) is 8. The molecule has 3 aromatic rings. The minimum absolute atomic E-state index is 0.00274. The largest absolute Gasteiger partial charge is 0.491 e. The van der Waals surface area contributed by atoms with Crippen LogP contribution in [0.25, 0.3) is 0 Å². The van der Waals surface area contributed by atoms with Crippen LogP contribution in [0.15, 0.2) is 66.7 Å². The fraction of sp³-hybridized carbons (Fsp3) is 0.419. The van der Waals surface area contributed by atoms with E-state index in [1.165, 1.54) is 0 Å². The van der Waals surface area contributed by atoms with Gasteiger partial charge in [0.1, 0.15) is 61.6 Å². The van der Waals surface area contributed by atoms with E-state index in [0.717, 1.165) is 16.7 Å². The minimum Gasteiger partial charge on any atom is -0.491 e. The highest BCUT2D eigenvalue weighted by molar-refractivity contribution is 5.54. The van der Waals surface area contributed by atoms with Gasteiger partial charge >= 0.3 is 0 Å². The van der Waals surface area contributed by atoms with Gasteiger partial charge in [-0.2, -0.15) is 0 Å². The maximum atomic E-state index is 10.5. The Hall–Kier alpha value is -3.30. The number of benzene rings is 3. The van der Waals surface area contributed by atoms with Gasteiger partial charge in [0.15, 0.2) is 0 Å². The predicted molar refractivity (Wildman–Crippen MR) is 149 cm³/mol. The maximum absolute atomic E-state index is 10.5. The minimum atomic E-state index is -0.870. The summed E-state index contributed by atoms with van der Waals surface area (Å²) in [5.74, 6) is 2.46. The Morgan fingerprint density at radius 3 is 1.36 bits per heavy atom. The molecule has 0 aliphatic carbocycles. The van der Waals surface area contributed by atoms with Crippen LogP contribution < -0.4 is 18.9 Å². The Morgan fingerprint density at radius 2 is 0.974 bits per heavy atom. The highest BCUT2D eigenvalue weighted by Gasteiger charge is 2.20. The molecule has 0 heterocycles. The molecular weight excluding hydrogens is 500 g/mol. The van der Waals surface area contributed by atoms with Crippen molar-refractivity contribution in [3.63, 3.8) is 0 Å². The summed E-state index contributed by atoms with van der Waals surface area (Å²) >= 11 is 0. The average molecular weight is 541 g/mol. The van der Waals surface area contributed by atoms with Crippen LogP contribution in [-0.4, -0.2) is 72.3 Å². The lowest BCUT2D eigenvalue weighted by Crippen LogP contribution is -2.26. The molecule has 39 heavy (non-hydrogen) atoms. The third kappa shape index (κ3) is 10.1. The highest BCUT2D eigenvalue weighted by Crippen LogP contribution is 2.37. The van der Waals surface area contributed by atoms with E-state index < -0.39 is 12.2 Å². The Morgan fingerprint density at radius 1 is 0.590 bits per heavy atom. The van der Waals surface area contributed by atoms with Crippen molar-refractivity contribution in [2.24, 2.45) is 0 Å². The molecule has 0 aliphatic heterocycles. The van der Waals surface area contributed by atoms with Crippen molar-refractivity contribution in [1.29, 1.82) is 0 Å². The standard InChI is InChI=1S/C31H40O8/c1-23-30(38-21-26(34)19-36-28-12-4-2-5-13-28)24(10-8-16-32)18-25(11-9-17-33)31(23)39-22-27(35)20-37-29-14-6-3-7-15-29/h2-7,12-15,18,26-27,32-35H,8-11,16-17,19-22H2,1H3. The van der Waals surface area contributed by atoms with Crippen molar-refractivity contribution in [2.45, 2.75) is 44.8 Å². The zero-order chi connectivity index (χ0) is 27.9. The zero-order valence-electron chi connectivity index (χ0n) is 22.5. The zero-order valence-corrected chi connectivity index (χ0v) is 22.5. The lowest BCUT2D eigenvalue weighted by molar-refractivity contribution is 0.0591. The average Bonchev–Trinajstić information content (AvgIpc) is 2.96. The van der Waals surface area contributed by atoms with Gasteiger partial charge in [-0.3, -0.25) is 0 Å². The molecule has 0 radical (unpaired) electrons. The van der Waals surface area contributed by atoms with Crippen LogP contribution in [0.4, 0.5) is 0 Å². The first-order chi connectivity index (χ1) is 19.0. The normalized spacial score (nSPS) is 12.5. The van der Waals surface area contributed by atoms with Gasteiger partial charge in [-0.25, -0.2) is 0 Å². The van der Waals surface area contributed by atoms with E-state index in [1.54, 1.807) is 0 Å². The van der Waals surface area contributed by atoms with Crippen LogP contribution in [0, 0.1) is 6.92 Å². The first-order valence-corrected chi connectivity index (χ1v) is 13.4. The number of aryl methyl sites for hydroxylation is 2. The molecule has 2 atom stereocenters. The first-order valence-electron chi connectivity index (χ1n) is 13.4. The topological polar surface area (TPSA) is 118 Å². The Kier molecular flexibility index (Phi) is 12.9. The van der Waals surface area contributed by atoms with Crippen LogP contribution in [0.5, 0.6) is 23.0 Å². The summed E-state index contributed by atoms with van der Waals surface area (Å²) in [6.45, 7) is 2.08. The summed E-state index contributed by atoms with van der Waals surface area (Å²) in [6.07, 6.45) is 0.498. The van der Waals surface area contributed by atoms with Gasteiger partial charge in [0.25, 0.3) is 0 Å². The van der Waals surface area contributed by atoms with Gasteiger partial charge in [-0.15, -0.1) is 0 Å². The molecule has 0 fully saturated rings. The molecular formula is C31H40O8. The molecule has 8 nitrogen and oxygen atoms in total. The van der Waals surface area contributed by atoms with Crippen molar-refractivity contribution < 1.29 is 39.4 Å². The molecule has 0 amide bonds. The summed E-state index contributed by atoms with van der Waals surface area (Å²) in [5.41, 5.74) is 2.49. The molecule has 4 N–H and O–H groups in total. The van der Waals surface area contributed by atoms with E-state index in [0.29, 0.717) is 48.7 Å². The molecule has 8 heteroatoms. The molecule has 0 saturated heterocycles.